The minimum Gasteiger partial charge on any atom is -0.352 e. The average Bonchev–Trinajstić information content (AvgIpc) is 2.29. The molecule has 1 N–H and O–H groups in total. The number of carbonyl (C=O) groups is 1. The zero-order valence-corrected chi connectivity index (χ0v) is 10.2. The van der Waals surface area contributed by atoms with Crippen LogP contribution in [0.4, 0.5) is 0 Å². The maximum absolute atomic E-state index is 11.9. The first-order chi connectivity index (χ1) is 7.77. The number of halogens is 1. The van der Waals surface area contributed by atoms with Crippen molar-refractivity contribution in [1.29, 1.82) is 0 Å². The summed E-state index contributed by atoms with van der Waals surface area (Å²) in [4.78, 5) is 11.9. The van der Waals surface area contributed by atoms with E-state index in [2.05, 4.69) is 33.4 Å². The summed E-state index contributed by atoms with van der Waals surface area (Å²) in [6.45, 7) is 0.741. The first-order valence-electron chi connectivity index (χ1n) is 5.25. The van der Waals surface area contributed by atoms with Crippen LogP contribution in [0.3, 0.4) is 0 Å². The van der Waals surface area contributed by atoms with Crippen molar-refractivity contribution in [3.63, 3.8) is 0 Å². The summed E-state index contributed by atoms with van der Waals surface area (Å²) in [5.41, 5.74) is 1.99. The van der Waals surface area contributed by atoms with Crippen LogP contribution in [0.1, 0.15) is 15.9 Å². The third kappa shape index (κ3) is 1.35. The van der Waals surface area contributed by atoms with E-state index >= 15 is 0 Å². The van der Waals surface area contributed by atoms with Crippen LogP contribution in [0.25, 0.3) is 10.8 Å². The average molecular weight is 276 g/mol. The van der Waals surface area contributed by atoms with Gasteiger partial charge in [0.2, 0.25) is 0 Å². The van der Waals surface area contributed by atoms with Gasteiger partial charge in [-0.15, -0.1) is 0 Å². The molecule has 0 unspecified atom stereocenters. The van der Waals surface area contributed by atoms with Crippen molar-refractivity contribution < 1.29 is 4.79 Å². The molecule has 2 aromatic rings. The molecule has 1 heterocycles. The summed E-state index contributed by atoms with van der Waals surface area (Å²) in [6, 6.07) is 10.1. The van der Waals surface area contributed by atoms with Crippen molar-refractivity contribution in [3.8, 4) is 0 Å². The Morgan fingerprint density at radius 1 is 1.12 bits per heavy atom. The lowest BCUT2D eigenvalue weighted by atomic mass is 9.94. The Labute approximate surface area is 102 Å². The van der Waals surface area contributed by atoms with E-state index in [1.807, 2.05) is 18.2 Å². The molecule has 1 aliphatic heterocycles. The lowest BCUT2D eigenvalue weighted by Crippen LogP contribution is -2.31. The van der Waals surface area contributed by atoms with Gasteiger partial charge in [-0.2, -0.15) is 0 Å². The second-order valence-electron chi connectivity index (χ2n) is 3.94. The summed E-state index contributed by atoms with van der Waals surface area (Å²) >= 11 is 3.51. The van der Waals surface area contributed by atoms with Gasteiger partial charge in [0.15, 0.2) is 0 Å². The predicted molar refractivity (Wildman–Crippen MR) is 67.7 cm³/mol. The van der Waals surface area contributed by atoms with E-state index in [0.717, 1.165) is 39.3 Å². The van der Waals surface area contributed by atoms with Crippen molar-refractivity contribution in [1.82, 2.24) is 5.32 Å². The van der Waals surface area contributed by atoms with Gasteiger partial charge in [-0.3, -0.25) is 4.79 Å². The molecule has 0 saturated carbocycles. The van der Waals surface area contributed by atoms with E-state index in [1.54, 1.807) is 0 Å². The molecule has 3 heteroatoms. The predicted octanol–water partition coefficient (Wildman–Crippen LogP) is 2.89. The Kier molecular flexibility index (Phi) is 2.21. The highest BCUT2D eigenvalue weighted by Gasteiger charge is 2.19. The second kappa shape index (κ2) is 3.59. The minimum atomic E-state index is 0.0463. The Morgan fingerprint density at radius 3 is 2.88 bits per heavy atom. The normalized spacial score (nSPS) is 14.7. The summed E-state index contributed by atoms with van der Waals surface area (Å²) in [6.07, 6.45) is 0.920. The highest BCUT2D eigenvalue weighted by molar-refractivity contribution is 9.10. The van der Waals surface area contributed by atoms with Gasteiger partial charge >= 0.3 is 0 Å². The number of benzene rings is 2. The van der Waals surface area contributed by atoms with Crippen LogP contribution in [0.15, 0.2) is 34.8 Å². The molecule has 1 amide bonds. The standard InChI is InChI=1S/C13H10BrNO/c14-11-3-1-2-10-9(11)5-4-8-6-7-15-13(16)12(8)10/h1-5H,6-7H2,(H,15,16). The highest BCUT2D eigenvalue weighted by Crippen LogP contribution is 2.29. The van der Waals surface area contributed by atoms with Gasteiger partial charge in [0, 0.05) is 11.0 Å². The monoisotopic (exact) mass is 275 g/mol. The van der Waals surface area contributed by atoms with E-state index in [-0.39, 0.29) is 5.91 Å². The molecule has 2 nitrogen and oxygen atoms in total. The first kappa shape index (κ1) is 9.85. The van der Waals surface area contributed by atoms with Crippen molar-refractivity contribution in [2.75, 3.05) is 6.54 Å². The van der Waals surface area contributed by atoms with Crippen molar-refractivity contribution in [2.45, 2.75) is 6.42 Å². The Morgan fingerprint density at radius 2 is 2.00 bits per heavy atom. The van der Waals surface area contributed by atoms with Gasteiger partial charge in [0.25, 0.3) is 5.91 Å². The van der Waals surface area contributed by atoms with Gasteiger partial charge in [0.1, 0.15) is 0 Å². The van der Waals surface area contributed by atoms with Crippen LogP contribution in [-0.2, 0) is 6.42 Å². The van der Waals surface area contributed by atoms with E-state index in [4.69, 9.17) is 0 Å². The van der Waals surface area contributed by atoms with E-state index in [0.29, 0.717) is 0 Å². The number of amides is 1. The molecule has 0 bridgehead atoms. The summed E-state index contributed by atoms with van der Waals surface area (Å²) in [5.74, 6) is 0.0463. The molecule has 80 valence electrons. The highest BCUT2D eigenvalue weighted by atomic mass is 79.9. The number of carbonyl (C=O) groups excluding carboxylic acids is 1. The van der Waals surface area contributed by atoms with Crippen LogP contribution in [-0.4, -0.2) is 12.5 Å². The van der Waals surface area contributed by atoms with Crippen LogP contribution in [0.2, 0.25) is 0 Å². The van der Waals surface area contributed by atoms with Crippen molar-refractivity contribution in [3.05, 3.63) is 45.9 Å². The van der Waals surface area contributed by atoms with Gasteiger partial charge in [-0.05, 0) is 28.8 Å². The van der Waals surface area contributed by atoms with Gasteiger partial charge in [-0.25, -0.2) is 0 Å². The largest absolute Gasteiger partial charge is 0.352 e. The smallest absolute Gasteiger partial charge is 0.252 e. The number of nitrogens with one attached hydrogen (secondary N) is 1. The van der Waals surface area contributed by atoms with Crippen LogP contribution >= 0.6 is 15.9 Å². The summed E-state index contributed by atoms with van der Waals surface area (Å²) in [5, 5.41) is 5.02. The molecule has 0 radical (unpaired) electrons. The quantitative estimate of drug-likeness (QED) is 0.787. The van der Waals surface area contributed by atoms with Gasteiger partial charge in [0.05, 0.1) is 5.56 Å². The fourth-order valence-corrected chi connectivity index (χ4v) is 2.74. The van der Waals surface area contributed by atoms with Crippen LogP contribution < -0.4 is 5.32 Å². The molecule has 0 aliphatic carbocycles. The first-order valence-corrected chi connectivity index (χ1v) is 6.05. The number of fused-ring (bicyclic) bond motifs is 3. The minimum absolute atomic E-state index is 0.0463. The summed E-state index contributed by atoms with van der Waals surface area (Å²) in [7, 11) is 0. The number of hydrogen-bond donors (Lipinski definition) is 1. The molecule has 3 rings (SSSR count). The molecule has 0 fully saturated rings. The fraction of sp³-hybridized carbons (Fsp3) is 0.154. The zero-order valence-electron chi connectivity index (χ0n) is 8.59. The fourth-order valence-electron chi connectivity index (χ4n) is 2.24. The molecule has 2 aromatic carbocycles. The Bertz CT molecular complexity index is 592. The van der Waals surface area contributed by atoms with Crippen LogP contribution in [0.5, 0.6) is 0 Å². The molecule has 1 aliphatic rings. The molecule has 16 heavy (non-hydrogen) atoms. The topological polar surface area (TPSA) is 29.1 Å². The molecule has 0 atom stereocenters. The van der Waals surface area contributed by atoms with Crippen molar-refractivity contribution in [2.24, 2.45) is 0 Å². The molecular formula is C13H10BrNO. The lowest BCUT2D eigenvalue weighted by molar-refractivity contribution is 0.0948. The lowest BCUT2D eigenvalue weighted by Gasteiger charge is -2.18. The zero-order chi connectivity index (χ0) is 11.1. The van der Waals surface area contributed by atoms with Crippen LogP contribution in [0, 0.1) is 0 Å². The molecule has 0 aromatic heterocycles. The SMILES string of the molecule is O=C1NCCc2ccc3c(Br)cccc3c21. The van der Waals surface area contributed by atoms with Gasteiger partial charge in [-0.1, -0.05) is 40.2 Å². The number of hydrogen-bond acceptors (Lipinski definition) is 1. The third-order valence-electron chi connectivity index (χ3n) is 3.00. The maximum atomic E-state index is 11.9. The third-order valence-corrected chi connectivity index (χ3v) is 3.69. The Hall–Kier alpha value is -1.35. The molecule has 0 spiro atoms. The van der Waals surface area contributed by atoms with E-state index in [9.17, 15) is 4.79 Å². The second-order valence-corrected chi connectivity index (χ2v) is 4.79. The summed E-state index contributed by atoms with van der Waals surface area (Å²) < 4.78 is 1.03. The number of rotatable bonds is 0. The van der Waals surface area contributed by atoms with E-state index < -0.39 is 0 Å². The molecular weight excluding hydrogens is 266 g/mol. The van der Waals surface area contributed by atoms with Gasteiger partial charge < -0.3 is 5.32 Å². The maximum Gasteiger partial charge on any atom is 0.252 e. The van der Waals surface area contributed by atoms with E-state index in [1.165, 1.54) is 0 Å². The molecule has 0 saturated heterocycles. The Balaban J connectivity index is 2.42. The van der Waals surface area contributed by atoms with Crippen molar-refractivity contribution >= 4 is 32.6 Å².